The number of benzene rings is 3. The number of rotatable bonds is 23. The summed E-state index contributed by atoms with van der Waals surface area (Å²) in [6, 6.07) is 21.8. The predicted molar refractivity (Wildman–Crippen MR) is 182 cm³/mol. The normalized spacial score (nSPS) is 11.1. The molecule has 1 N–H and O–H groups in total. The molecule has 3 rings (SSSR count). The predicted octanol–water partition coefficient (Wildman–Crippen LogP) is 10.1. The van der Waals surface area contributed by atoms with Crippen LogP contribution in [0.1, 0.15) is 121 Å². The van der Waals surface area contributed by atoms with E-state index >= 15 is 0 Å². The molecule has 0 spiro atoms. The van der Waals surface area contributed by atoms with E-state index in [-0.39, 0.29) is 6.54 Å². The van der Waals surface area contributed by atoms with Crippen molar-refractivity contribution in [2.75, 3.05) is 13.2 Å². The van der Waals surface area contributed by atoms with Crippen LogP contribution >= 0.6 is 0 Å². The van der Waals surface area contributed by atoms with Gasteiger partial charge in [0.05, 0.1) is 6.61 Å². The molecule has 0 heterocycles. The second-order valence-corrected chi connectivity index (χ2v) is 12.2. The molecule has 5 nitrogen and oxygen atoms in total. The van der Waals surface area contributed by atoms with Crippen LogP contribution in [0.2, 0.25) is 0 Å². The minimum atomic E-state index is -1.43. The molecule has 0 atom stereocenters. The number of carboxylic acids is 1. The summed E-state index contributed by atoms with van der Waals surface area (Å²) >= 11 is 0. The van der Waals surface area contributed by atoms with Gasteiger partial charge in [0.15, 0.2) is 0 Å². The van der Waals surface area contributed by atoms with Crippen LogP contribution in [-0.2, 0) is 22.6 Å². The number of nitrogens with zero attached hydrogens (tertiary/aromatic N) is 1. The number of carbonyl (C=O) groups is 2. The first kappa shape index (κ1) is 35.1. The number of amides is 1. The van der Waals surface area contributed by atoms with Gasteiger partial charge in [-0.2, -0.15) is 0 Å². The molecule has 0 aliphatic carbocycles. The average molecular weight is 602 g/mol. The molecule has 0 aliphatic heterocycles. The number of hydrogen-bond acceptors (Lipinski definition) is 3. The van der Waals surface area contributed by atoms with Gasteiger partial charge in [-0.1, -0.05) is 164 Å². The van der Waals surface area contributed by atoms with Crippen LogP contribution in [0.25, 0.3) is 10.8 Å². The molecule has 44 heavy (non-hydrogen) atoms. The molecular weight excluding hydrogens is 546 g/mol. The van der Waals surface area contributed by atoms with E-state index in [2.05, 4.69) is 6.92 Å². The van der Waals surface area contributed by atoms with E-state index in [1.54, 1.807) is 0 Å². The summed E-state index contributed by atoms with van der Waals surface area (Å²) < 4.78 is 6.21. The molecule has 0 unspecified atom stereocenters. The van der Waals surface area contributed by atoms with Gasteiger partial charge in [-0.3, -0.25) is 4.79 Å². The number of unbranched alkanes of at least 4 members (excludes halogenated alkanes) is 15. The summed E-state index contributed by atoms with van der Waals surface area (Å²) in [7, 11) is 0. The molecule has 0 aliphatic rings. The van der Waals surface area contributed by atoms with Crippen molar-refractivity contribution in [3.05, 3.63) is 77.9 Å². The highest BCUT2D eigenvalue weighted by molar-refractivity contribution is 6.31. The largest absolute Gasteiger partial charge is 0.493 e. The summed E-state index contributed by atoms with van der Waals surface area (Å²) in [5, 5.41) is 11.4. The van der Waals surface area contributed by atoms with Crippen LogP contribution in [0.5, 0.6) is 5.75 Å². The highest BCUT2D eigenvalue weighted by atomic mass is 16.5. The Labute approximate surface area is 266 Å². The smallest absolute Gasteiger partial charge is 0.394 e. The van der Waals surface area contributed by atoms with Gasteiger partial charge >= 0.3 is 11.9 Å². The lowest BCUT2D eigenvalue weighted by atomic mass is 10.0. The Bertz CT molecular complexity index is 1230. The highest BCUT2D eigenvalue weighted by Gasteiger charge is 2.22. The molecule has 240 valence electrons. The van der Waals surface area contributed by atoms with Gasteiger partial charge in [-0.15, -0.1) is 0 Å². The Morgan fingerprint density at radius 3 is 1.73 bits per heavy atom. The van der Waals surface area contributed by atoms with E-state index in [1.807, 2.05) is 66.7 Å². The van der Waals surface area contributed by atoms with Crippen LogP contribution in [0, 0.1) is 0 Å². The van der Waals surface area contributed by atoms with E-state index in [1.165, 1.54) is 101 Å². The zero-order chi connectivity index (χ0) is 31.2. The summed E-state index contributed by atoms with van der Waals surface area (Å²) in [6.07, 6.45) is 22.1. The lowest BCUT2D eigenvalue weighted by Crippen LogP contribution is -2.37. The number of ether oxygens (including phenoxy) is 1. The zero-order valence-electron chi connectivity index (χ0n) is 27.1. The molecule has 3 aromatic carbocycles. The number of aliphatic carboxylic acids is 1. The van der Waals surface area contributed by atoms with Crippen LogP contribution in [0.3, 0.4) is 0 Å². The van der Waals surface area contributed by atoms with Gasteiger partial charge in [-0.25, -0.2) is 4.79 Å². The van der Waals surface area contributed by atoms with Crippen molar-refractivity contribution in [2.24, 2.45) is 0 Å². The maximum Gasteiger partial charge on any atom is 0.394 e. The van der Waals surface area contributed by atoms with Crippen molar-refractivity contribution >= 4 is 22.6 Å². The van der Waals surface area contributed by atoms with Crippen molar-refractivity contribution in [3.63, 3.8) is 0 Å². The Morgan fingerprint density at radius 1 is 0.636 bits per heavy atom. The zero-order valence-corrected chi connectivity index (χ0v) is 27.1. The lowest BCUT2D eigenvalue weighted by Gasteiger charge is -2.22. The standard InChI is InChI=1S/C39H55NO4/c1-2-3-4-5-6-7-8-9-10-11-12-13-14-15-16-22-31-44-37-28-27-34(35-25-20-21-26-36(35)37)32-40(38(41)39(42)43)30-29-33-23-18-17-19-24-33/h17-21,23-28H,2-16,22,29-32H2,1H3,(H,42,43). The third kappa shape index (κ3) is 13.1. The van der Waals surface area contributed by atoms with E-state index in [0.29, 0.717) is 19.6 Å². The van der Waals surface area contributed by atoms with Gasteiger partial charge in [0.2, 0.25) is 0 Å². The number of carboxylic acid groups (broad SMARTS) is 1. The lowest BCUT2D eigenvalue weighted by molar-refractivity contribution is -0.156. The highest BCUT2D eigenvalue weighted by Crippen LogP contribution is 2.30. The summed E-state index contributed by atoms with van der Waals surface area (Å²) in [5.74, 6) is -1.47. The first-order valence-electron chi connectivity index (χ1n) is 17.3. The Hall–Kier alpha value is -3.34. The Balaban J connectivity index is 1.36. The van der Waals surface area contributed by atoms with Crippen LogP contribution in [0.4, 0.5) is 0 Å². The maximum atomic E-state index is 12.6. The number of fused-ring (bicyclic) bond motifs is 1. The van der Waals surface area contributed by atoms with Crippen LogP contribution < -0.4 is 4.74 Å². The fourth-order valence-corrected chi connectivity index (χ4v) is 5.93. The van der Waals surface area contributed by atoms with Crippen molar-refractivity contribution in [1.29, 1.82) is 0 Å². The topological polar surface area (TPSA) is 66.8 Å². The molecule has 0 saturated heterocycles. The van der Waals surface area contributed by atoms with Crippen LogP contribution in [-0.4, -0.2) is 35.0 Å². The molecule has 5 heteroatoms. The van der Waals surface area contributed by atoms with Gasteiger partial charge in [0.25, 0.3) is 0 Å². The van der Waals surface area contributed by atoms with Gasteiger partial charge in [0.1, 0.15) is 5.75 Å². The first-order chi connectivity index (χ1) is 21.6. The van der Waals surface area contributed by atoms with Gasteiger partial charge in [-0.05, 0) is 35.4 Å². The summed E-state index contributed by atoms with van der Waals surface area (Å²) in [5.41, 5.74) is 1.98. The maximum absolute atomic E-state index is 12.6. The molecule has 0 saturated carbocycles. The van der Waals surface area contributed by atoms with Gasteiger partial charge < -0.3 is 14.7 Å². The third-order valence-corrected chi connectivity index (χ3v) is 8.57. The van der Waals surface area contributed by atoms with Crippen molar-refractivity contribution in [3.8, 4) is 5.75 Å². The third-order valence-electron chi connectivity index (χ3n) is 8.57. The fraction of sp³-hybridized carbons (Fsp3) is 0.538. The monoisotopic (exact) mass is 601 g/mol. The minimum Gasteiger partial charge on any atom is -0.493 e. The molecule has 3 aromatic rings. The fourth-order valence-electron chi connectivity index (χ4n) is 5.93. The quantitative estimate of drug-likeness (QED) is 0.0867. The summed E-state index contributed by atoms with van der Waals surface area (Å²) in [6.45, 7) is 3.53. The second-order valence-electron chi connectivity index (χ2n) is 12.2. The SMILES string of the molecule is CCCCCCCCCCCCCCCCCCOc1ccc(CN(CCc2ccccc2)C(=O)C(=O)O)c2ccccc12. The van der Waals surface area contributed by atoms with Gasteiger partial charge in [0, 0.05) is 18.5 Å². The van der Waals surface area contributed by atoms with Crippen LogP contribution in [0.15, 0.2) is 66.7 Å². The average Bonchev–Trinajstić information content (AvgIpc) is 3.05. The molecule has 0 radical (unpaired) electrons. The Morgan fingerprint density at radius 2 is 1.16 bits per heavy atom. The Kier molecular flexibility index (Phi) is 17.1. The van der Waals surface area contributed by atoms with E-state index in [0.717, 1.165) is 34.1 Å². The van der Waals surface area contributed by atoms with Crippen molar-refractivity contribution in [2.45, 2.75) is 123 Å². The van der Waals surface area contributed by atoms with Crippen molar-refractivity contribution < 1.29 is 19.4 Å². The van der Waals surface area contributed by atoms with E-state index < -0.39 is 11.9 Å². The molecular formula is C39H55NO4. The first-order valence-corrected chi connectivity index (χ1v) is 17.3. The van der Waals surface area contributed by atoms with E-state index in [9.17, 15) is 14.7 Å². The second kappa shape index (κ2) is 21.4. The molecule has 0 fully saturated rings. The van der Waals surface area contributed by atoms with Crippen molar-refractivity contribution in [1.82, 2.24) is 4.90 Å². The number of hydrogen-bond donors (Lipinski definition) is 1. The molecule has 1 amide bonds. The van der Waals surface area contributed by atoms with E-state index in [4.69, 9.17) is 4.74 Å². The molecule has 0 aromatic heterocycles. The minimum absolute atomic E-state index is 0.234. The molecule has 0 bridgehead atoms. The summed E-state index contributed by atoms with van der Waals surface area (Å²) in [4.78, 5) is 25.6. The number of carbonyl (C=O) groups excluding carboxylic acids is 1.